The van der Waals surface area contributed by atoms with Crippen LogP contribution in [0.5, 0.6) is 5.75 Å². The molecular formula is C13H20N2O2. The smallest absolute Gasteiger partial charge is 0.138 e. The van der Waals surface area contributed by atoms with Gasteiger partial charge in [0.15, 0.2) is 0 Å². The van der Waals surface area contributed by atoms with Crippen LogP contribution in [0.15, 0.2) is 18.3 Å². The minimum absolute atomic E-state index is 0.221. The molecule has 4 nitrogen and oxygen atoms in total. The number of hydrogen-bond donors (Lipinski definition) is 1. The first kappa shape index (κ1) is 12.3. The van der Waals surface area contributed by atoms with Gasteiger partial charge in [0.1, 0.15) is 11.9 Å². The lowest BCUT2D eigenvalue weighted by Crippen LogP contribution is -2.42. The molecule has 0 unspecified atom stereocenters. The fourth-order valence-corrected chi connectivity index (χ4v) is 2.17. The van der Waals surface area contributed by atoms with Crippen LogP contribution >= 0.6 is 0 Å². The van der Waals surface area contributed by atoms with Gasteiger partial charge < -0.3 is 9.84 Å². The number of nitrogens with zero attached hydrogens (tertiary/aromatic N) is 2. The Bertz CT molecular complexity index is 338. The summed E-state index contributed by atoms with van der Waals surface area (Å²) in [6, 6.07) is 3.93. The lowest BCUT2D eigenvalue weighted by atomic mass is 10.1. The van der Waals surface area contributed by atoms with Crippen LogP contribution in [0, 0.1) is 6.92 Å². The highest BCUT2D eigenvalue weighted by atomic mass is 16.5. The van der Waals surface area contributed by atoms with Crippen molar-refractivity contribution in [2.45, 2.75) is 25.9 Å². The Morgan fingerprint density at radius 3 is 3.12 bits per heavy atom. The molecule has 0 spiro atoms. The van der Waals surface area contributed by atoms with E-state index in [1.165, 1.54) is 0 Å². The van der Waals surface area contributed by atoms with E-state index in [2.05, 4.69) is 9.88 Å². The highest BCUT2D eigenvalue weighted by Gasteiger charge is 2.20. The Kier molecular flexibility index (Phi) is 4.34. The van der Waals surface area contributed by atoms with Crippen molar-refractivity contribution in [3.8, 4) is 5.75 Å². The molecule has 0 aromatic carbocycles. The summed E-state index contributed by atoms with van der Waals surface area (Å²) in [5.41, 5.74) is 1.00. The van der Waals surface area contributed by atoms with Crippen molar-refractivity contribution in [2.24, 2.45) is 0 Å². The van der Waals surface area contributed by atoms with Gasteiger partial charge >= 0.3 is 0 Å². The van der Waals surface area contributed by atoms with Gasteiger partial charge in [-0.25, -0.2) is 0 Å². The van der Waals surface area contributed by atoms with Crippen molar-refractivity contribution in [1.29, 1.82) is 0 Å². The number of aliphatic hydroxyl groups excluding tert-OH is 1. The van der Waals surface area contributed by atoms with E-state index < -0.39 is 0 Å². The van der Waals surface area contributed by atoms with Crippen LogP contribution in [0.4, 0.5) is 0 Å². The van der Waals surface area contributed by atoms with Gasteiger partial charge in [-0.05, 0) is 38.4 Å². The molecule has 0 radical (unpaired) electrons. The van der Waals surface area contributed by atoms with Crippen molar-refractivity contribution in [3.05, 3.63) is 24.0 Å². The van der Waals surface area contributed by atoms with Crippen LogP contribution in [-0.2, 0) is 0 Å². The molecule has 0 aliphatic carbocycles. The molecule has 1 fully saturated rings. The molecule has 0 saturated carbocycles. The Morgan fingerprint density at radius 1 is 1.53 bits per heavy atom. The molecule has 1 aliphatic heterocycles. The van der Waals surface area contributed by atoms with E-state index in [1.807, 2.05) is 19.1 Å². The zero-order valence-electron chi connectivity index (χ0n) is 10.3. The monoisotopic (exact) mass is 236 g/mol. The van der Waals surface area contributed by atoms with Gasteiger partial charge in [0, 0.05) is 18.8 Å². The van der Waals surface area contributed by atoms with E-state index in [9.17, 15) is 0 Å². The van der Waals surface area contributed by atoms with Crippen LogP contribution in [0.25, 0.3) is 0 Å². The molecular weight excluding hydrogens is 216 g/mol. The standard InChI is InChI=1S/C13H20N2O2/c1-11-4-5-12(9-14-11)17-13-3-2-6-15(10-13)7-8-16/h4-5,9,13,16H,2-3,6-8,10H2,1H3/t13-/m0/s1. The molecule has 1 aromatic heterocycles. The normalized spacial score (nSPS) is 21.4. The van der Waals surface area contributed by atoms with Crippen LogP contribution in [-0.4, -0.2) is 47.3 Å². The summed E-state index contributed by atoms with van der Waals surface area (Å²) in [5, 5.41) is 8.93. The molecule has 17 heavy (non-hydrogen) atoms. The largest absolute Gasteiger partial charge is 0.487 e. The van der Waals surface area contributed by atoms with E-state index in [4.69, 9.17) is 9.84 Å². The number of β-amino-alcohol motifs (C(OH)–C–C–N with tert-alkyl or cyclic N) is 1. The Hall–Kier alpha value is -1.13. The Labute approximate surface area is 102 Å². The molecule has 2 rings (SSSR count). The van der Waals surface area contributed by atoms with Gasteiger partial charge in [-0.15, -0.1) is 0 Å². The first-order valence-corrected chi connectivity index (χ1v) is 6.20. The maximum absolute atomic E-state index is 8.93. The van der Waals surface area contributed by atoms with Gasteiger partial charge in [-0.1, -0.05) is 0 Å². The minimum atomic E-state index is 0.221. The number of aromatic nitrogens is 1. The SMILES string of the molecule is Cc1ccc(O[C@H]2CCCN(CCO)C2)cn1. The summed E-state index contributed by atoms with van der Waals surface area (Å²) in [5.74, 6) is 0.839. The van der Waals surface area contributed by atoms with E-state index in [0.717, 1.165) is 43.9 Å². The number of pyridine rings is 1. The van der Waals surface area contributed by atoms with Crippen LogP contribution in [0.2, 0.25) is 0 Å². The number of aliphatic hydroxyl groups is 1. The average molecular weight is 236 g/mol. The lowest BCUT2D eigenvalue weighted by Gasteiger charge is -2.32. The quantitative estimate of drug-likeness (QED) is 0.854. The van der Waals surface area contributed by atoms with Crippen molar-refractivity contribution < 1.29 is 9.84 Å². The van der Waals surface area contributed by atoms with E-state index >= 15 is 0 Å². The highest BCUT2D eigenvalue weighted by Crippen LogP contribution is 2.17. The second-order valence-corrected chi connectivity index (χ2v) is 4.54. The zero-order chi connectivity index (χ0) is 12.1. The maximum Gasteiger partial charge on any atom is 0.138 e. The molecule has 1 saturated heterocycles. The number of aryl methyl sites for hydroxylation is 1. The van der Waals surface area contributed by atoms with Gasteiger partial charge in [0.25, 0.3) is 0 Å². The van der Waals surface area contributed by atoms with Gasteiger partial charge in [-0.3, -0.25) is 9.88 Å². The topological polar surface area (TPSA) is 45.6 Å². The molecule has 4 heteroatoms. The van der Waals surface area contributed by atoms with Crippen LogP contribution in [0.1, 0.15) is 18.5 Å². The molecule has 0 bridgehead atoms. The van der Waals surface area contributed by atoms with Gasteiger partial charge in [0.2, 0.25) is 0 Å². The van der Waals surface area contributed by atoms with Crippen molar-refractivity contribution in [2.75, 3.05) is 26.2 Å². The van der Waals surface area contributed by atoms with Gasteiger partial charge in [-0.2, -0.15) is 0 Å². The second kappa shape index (κ2) is 5.98. The van der Waals surface area contributed by atoms with E-state index in [1.54, 1.807) is 6.20 Å². The Morgan fingerprint density at radius 2 is 2.41 bits per heavy atom. The predicted octanol–water partition coefficient (Wildman–Crippen LogP) is 1.23. The number of likely N-dealkylation sites (tertiary alicyclic amines) is 1. The summed E-state index contributed by atoms with van der Waals surface area (Å²) < 4.78 is 5.90. The second-order valence-electron chi connectivity index (χ2n) is 4.54. The summed E-state index contributed by atoms with van der Waals surface area (Å²) in [6.45, 7) is 4.89. The summed E-state index contributed by atoms with van der Waals surface area (Å²) in [7, 11) is 0. The molecule has 1 atom stereocenters. The number of piperidine rings is 1. The fraction of sp³-hybridized carbons (Fsp3) is 0.615. The lowest BCUT2D eigenvalue weighted by molar-refractivity contribution is 0.0765. The van der Waals surface area contributed by atoms with E-state index in [0.29, 0.717) is 0 Å². The maximum atomic E-state index is 8.93. The zero-order valence-corrected chi connectivity index (χ0v) is 10.3. The third-order valence-electron chi connectivity index (χ3n) is 3.07. The van der Waals surface area contributed by atoms with E-state index in [-0.39, 0.29) is 12.7 Å². The predicted molar refractivity (Wildman–Crippen MR) is 66.1 cm³/mol. The Balaban J connectivity index is 1.87. The van der Waals surface area contributed by atoms with Crippen molar-refractivity contribution >= 4 is 0 Å². The number of hydrogen-bond acceptors (Lipinski definition) is 4. The molecule has 0 amide bonds. The molecule has 1 aliphatic rings. The van der Waals surface area contributed by atoms with Gasteiger partial charge in [0.05, 0.1) is 12.8 Å². The molecule has 1 N–H and O–H groups in total. The summed E-state index contributed by atoms with van der Waals surface area (Å²) in [6.07, 6.45) is 4.21. The third kappa shape index (κ3) is 3.68. The fourth-order valence-electron chi connectivity index (χ4n) is 2.17. The summed E-state index contributed by atoms with van der Waals surface area (Å²) in [4.78, 5) is 6.47. The molecule has 2 heterocycles. The minimum Gasteiger partial charge on any atom is -0.487 e. The van der Waals surface area contributed by atoms with Crippen molar-refractivity contribution in [1.82, 2.24) is 9.88 Å². The highest BCUT2D eigenvalue weighted by molar-refractivity contribution is 5.19. The first-order chi connectivity index (χ1) is 8.28. The third-order valence-corrected chi connectivity index (χ3v) is 3.07. The molecule has 94 valence electrons. The number of rotatable bonds is 4. The van der Waals surface area contributed by atoms with Crippen LogP contribution < -0.4 is 4.74 Å². The first-order valence-electron chi connectivity index (χ1n) is 6.20. The van der Waals surface area contributed by atoms with Crippen molar-refractivity contribution in [3.63, 3.8) is 0 Å². The summed E-state index contributed by atoms with van der Waals surface area (Å²) >= 11 is 0. The van der Waals surface area contributed by atoms with Crippen LogP contribution in [0.3, 0.4) is 0 Å². The average Bonchev–Trinajstić information content (AvgIpc) is 2.33. The molecule has 1 aromatic rings. The number of ether oxygens (including phenoxy) is 1.